The predicted octanol–water partition coefficient (Wildman–Crippen LogP) is 3.22. The Morgan fingerprint density at radius 3 is 2.67 bits per heavy atom. The standard InChI is InChI=1S/C20H29F2NO4/c1-3-4-9-15(2)17(24)12-11-16-14-20(21,22)19(27)23(16)13-8-6-5-7-10-18(25)26/h11-12,15-17,24H,5-10,13-14H2,1-2H3,(H,25,26)/t15-,16-,17-/m0/s1. The lowest BCUT2D eigenvalue weighted by Crippen LogP contribution is -2.36. The number of halogens is 2. The molecule has 1 saturated heterocycles. The van der Waals surface area contributed by atoms with Gasteiger partial charge in [-0.15, -0.1) is 11.8 Å². The van der Waals surface area contributed by atoms with Crippen molar-refractivity contribution < 1.29 is 28.6 Å². The van der Waals surface area contributed by atoms with Crippen LogP contribution in [0.1, 0.15) is 58.8 Å². The number of aliphatic hydroxyl groups is 1. The Balaban J connectivity index is 2.59. The van der Waals surface area contributed by atoms with Crippen LogP contribution >= 0.6 is 0 Å². The summed E-state index contributed by atoms with van der Waals surface area (Å²) < 4.78 is 27.7. The molecule has 1 amide bonds. The van der Waals surface area contributed by atoms with Crippen molar-refractivity contribution in [2.45, 2.75) is 76.9 Å². The smallest absolute Gasteiger partial charge is 0.327 e. The number of alkyl halides is 2. The summed E-state index contributed by atoms with van der Waals surface area (Å²) in [5.41, 5.74) is 0. The molecular formula is C20H29F2NO4. The Kier molecular flexibility index (Phi) is 9.44. The molecule has 0 aromatic rings. The molecule has 27 heavy (non-hydrogen) atoms. The maximum Gasteiger partial charge on any atom is 0.327 e. The molecule has 0 aromatic carbocycles. The van der Waals surface area contributed by atoms with Gasteiger partial charge in [0.05, 0.1) is 12.1 Å². The van der Waals surface area contributed by atoms with Gasteiger partial charge in [-0.25, -0.2) is 0 Å². The largest absolute Gasteiger partial charge is 0.481 e. The molecule has 0 saturated carbocycles. The Hall–Kier alpha value is -1.94. The molecule has 1 rings (SSSR count). The van der Waals surface area contributed by atoms with Crippen LogP contribution in [0.15, 0.2) is 12.2 Å². The maximum absolute atomic E-state index is 13.8. The fourth-order valence-electron chi connectivity index (χ4n) is 2.99. The van der Waals surface area contributed by atoms with Gasteiger partial charge in [0.1, 0.15) is 0 Å². The third-order valence-corrected chi connectivity index (χ3v) is 4.69. The Morgan fingerprint density at radius 1 is 1.37 bits per heavy atom. The molecule has 0 unspecified atom stereocenters. The summed E-state index contributed by atoms with van der Waals surface area (Å²) in [6, 6.07) is -0.745. The molecule has 152 valence electrons. The zero-order valence-electron chi connectivity index (χ0n) is 16.0. The average Bonchev–Trinajstić information content (AvgIpc) is 2.82. The summed E-state index contributed by atoms with van der Waals surface area (Å²) in [6.07, 6.45) is 4.58. The van der Waals surface area contributed by atoms with Gasteiger partial charge in [0.25, 0.3) is 5.91 Å². The van der Waals surface area contributed by atoms with Crippen LogP contribution in [0.2, 0.25) is 0 Å². The molecular weight excluding hydrogens is 356 g/mol. The number of likely N-dealkylation sites (tertiary alicyclic amines) is 1. The van der Waals surface area contributed by atoms with Crippen molar-refractivity contribution in [2.75, 3.05) is 6.54 Å². The van der Waals surface area contributed by atoms with Gasteiger partial charge in [-0.3, -0.25) is 9.59 Å². The van der Waals surface area contributed by atoms with Crippen LogP contribution in [-0.4, -0.2) is 51.6 Å². The number of carboxylic acids is 1. The minimum Gasteiger partial charge on any atom is -0.481 e. The van der Waals surface area contributed by atoms with Crippen molar-refractivity contribution in [3.8, 4) is 11.8 Å². The molecule has 5 nitrogen and oxygen atoms in total. The number of carbonyl (C=O) groups excluding carboxylic acids is 1. The van der Waals surface area contributed by atoms with Crippen LogP contribution in [0.25, 0.3) is 0 Å². The number of hydrogen-bond donors (Lipinski definition) is 2. The number of carboxylic acid groups (broad SMARTS) is 1. The normalized spacial score (nSPS) is 21.1. The second-order valence-electron chi connectivity index (χ2n) is 7.02. The van der Waals surface area contributed by atoms with Crippen LogP contribution in [-0.2, 0) is 9.59 Å². The van der Waals surface area contributed by atoms with Crippen molar-refractivity contribution in [1.82, 2.24) is 4.90 Å². The van der Waals surface area contributed by atoms with Gasteiger partial charge in [0, 0.05) is 25.8 Å². The highest BCUT2D eigenvalue weighted by Gasteiger charge is 2.52. The Labute approximate surface area is 159 Å². The van der Waals surface area contributed by atoms with Crippen LogP contribution in [0, 0.1) is 17.8 Å². The molecule has 1 aliphatic rings. The van der Waals surface area contributed by atoms with Gasteiger partial charge >= 0.3 is 11.9 Å². The van der Waals surface area contributed by atoms with Gasteiger partial charge in [0.15, 0.2) is 0 Å². The fraction of sp³-hybridized carbons (Fsp3) is 0.700. The lowest BCUT2D eigenvalue weighted by Gasteiger charge is -2.22. The van der Waals surface area contributed by atoms with E-state index in [1.807, 2.05) is 6.92 Å². The van der Waals surface area contributed by atoms with E-state index >= 15 is 0 Å². The molecule has 0 spiro atoms. The van der Waals surface area contributed by atoms with Gasteiger partial charge < -0.3 is 15.1 Å². The average molecular weight is 385 g/mol. The quantitative estimate of drug-likeness (QED) is 0.325. The van der Waals surface area contributed by atoms with Crippen LogP contribution in [0.3, 0.4) is 0 Å². The van der Waals surface area contributed by atoms with Crippen LogP contribution in [0.4, 0.5) is 8.78 Å². The number of rotatable bonds is 11. The van der Waals surface area contributed by atoms with E-state index in [0.29, 0.717) is 32.1 Å². The first-order valence-corrected chi connectivity index (χ1v) is 9.35. The molecule has 0 aliphatic carbocycles. The number of nitrogens with zero attached hydrogens (tertiary/aromatic N) is 1. The monoisotopic (exact) mass is 385 g/mol. The highest BCUT2D eigenvalue weighted by molar-refractivity contribution is 5.86. The molecule has 0 radical (unpaired) electrons. The number of hydrogen-bond acceptors (Lipinski definition) is 3. The van der Waals surface area contributed by atoms with Crippen molar-refractivity contribution in [3.63, 3.8) is 0 Å². The van der Waals surface area contributed by atoms with Crippen LogP contribution < -0.4 is 0 Å². The van der Waals surface area contributed by atoms with E-state index in [0.717, 1.165) is 4.90 Å². The van der Waals surface area contributed by atoms with E-state index in [-0.39, 0.29) is 18.9 Å². The molecule has 1 fully saturated rings. The number of carbonyl (C=O) groups is 2. The van der Waals surface area contributed by atoms with E-state index in [9.17, 15) is 23.5 Å². The second-order valence-corrected chi connectivity index (χ2v) is 7.02. The zero-order valence-corrected chi connectivity index (χ0v) is 16.0. The first-order chi connectivity index (χ1) is 12.7. The summed E-state index contributed by atoms with van der Waals surface area (Å²) in [6.45, 7) is 3.73. The molecule has 1 heterocycles. The summed E-state index contributed by atoms with van der Waals surface area (Å²) >= 11 is 0. The molecule has 0 aromatic heterocycles. The summed E-state index contributed by atoms with van der Waals surface area (Å²) in [5, 5.41) is 18.7. The summed E-state index contributed by atoms with van der Waals surface area (Å²) in [7, 11) is 0. The van der Waals surface area contributed by atoms with Crippen molar-refractivity contribution in [2.24, 2.45) is 5.92 Å². The van der Waals surface area contributed by atoms with E-state index in [1.54, 1.807) is 6.92 Å². The van der Waals surface area contributed by atoms with E-state index in [2.05, 4.69) is 11.8 Å². The van der Waals surface area contributed by atoms with Crippen molar-refractivity contribution >= 4 is 11.9 Å². The van der Waals surface area contributed by atoms with E-state index in [4.69, 9.17) is 5.11 Å². The fourth-order valence-corrected chi connectivity index (χ4v) is 2.99. The topological polar surface area (TPSA) is 77.8 Å². The molecule has 3 atom stereocenters. The number of unbranched alkanes of at least 4 members (excludes halogenated alkanes) is 3. The Morgan fingerprint density at radius 2 is 2.04 bits per heavy atom. The van der Waals surface area contributed by atoms with E-state index < -0.39 is 36.4 Å². The van der Waals surface area contributed by atoms with E-state index in [1.165, 1.54) is 12.2 Å². The van der Waals surface area contributed by atoms with Gasteiger partial charge in [-0.2, -0.15) is 8.78 Å². The zero-order chi connectivity index (χ0) is 20.4. The third-order valence-electron chi connectivity index (χ3n) is 4.69. The number of aliphatic hydroxyl groups excluding tert-OH is 1. The van der Waals surface area contributed by atoms with Gasteiger partial charge in [-0.1, -0.05) is 31.9 Å². The molecule has 0 bridgehead atoms. The molecule has 7 heteroatoms. The maximum atomic E-state index is 13.8. The molecule has 2 N–H and O–H groups in total. The summed E-state index contributed by atoms with van der Waals surface area (Å²) in [5.74, 6) is 0.0706. The summed E-state index contributed by atoms with van der Waals surface area (Å²) in [4.78, 5) is 23.6. The molecule has 1 aliphatic heterocycles. The van der Waals surface area contributed by atoms with Crippen LogP contribution in [0.5, 0.6) is 0 Å². The highest BCUT2D eigenvalue weighted by Crippen LogP contribution is 2.34. The van der Waals surface area contributed by atoms with Crippen molar-refractivity contribution in [3.05, 3.63) is 12.2 Å². The third kappa shape index (κ3) is 7.67. The first-order valence-electron chi connectivity index (χ1n) is 9.35. The van der Waals surface area contributed by atoms with Gasteiger partial charge in [-0.05, 0) is 25.7 Å². The Bertz CT molecular complexity index is 595. The highest BCUT2D eigenvalue weighted by atomic mass is 19.3. The second kappa shape index (κ2) is 11.0. The lowest BCUT2D eigenvalue weighted by molar-refractivity contribution is -0.148. The van der Waals surface area contributed by atoms with Crippen molar-refractivity contribution in [1.29, 1.82) is 0 Å². The first kappa shape index (κ1) is 23.1. The predicted molar refractivity (Wildman–Crippen MR) is 98.2 cm³/mol. The van der Waals surface area contributed by atoms with Gasteiger partial charge in [0.2, 0.25) is 0 Å². The lowest BCUT2D eigenvalue weighted by atomic mass is 10.00. The minimum atomic E-state index is -3.39. The number of aliphatic carboxylic acids is 1. The minimum absolute atomic E-state index is 0.0879. The number of amides is 1. The SMILES string of the molecule is CC#CC[C@H](C)[C@@H](O)C=C[C@H]1CC(F)(F)C(=O)N1CCCCCCC(=O)O.